The third kappa shape index (κ3) is 3.62. The van der Waals surface area contributed by atoms with Crippen molar-refractivity contribution in [3.05, 3.63) is 51.9 Å². The Kier molecular flexibility index (Phi) is 4.44. The summed E-state index contributed by atoms with van der Waals surface area (Å²) in [5.41, 5.74) is 1.90. The maximum Gasteiger partial charge on any atom is 0.267 e. The fraction of sp³-hybridized carbons (Fsp3) is 0.312. The number of carbonyl (C=O) groups excluding carboxylic acids is 1. The van der Waals surface area contributed by atoms with Gasteiger partial charge in [-0.1, -0.05) is 0 Å². The first kappa shape index (κ1) is 17.3. The SMILES string of the molecule is C[C@H](C(=O)Nc1ccc(S(N)(=O)=O)cc1)n1nc2c(cc1=O)CCC2. The molecule has 1 aliphatic rings. The fourth-order valence-corrected chi connectivity index (χ4v) is 3.29. The van der Waals surface area contributed by atoms with Gasteiger partial charge in [0.05, 0.1) is 10.6 Å². The van der Waals surface area contributed by atoms with Crippen molar-refractivity contribution in [3.8, 4) is 0 Å². The zero-order valence-electron chi connectivity index (χ0n) is 13.6. The minimum atomic E-state index is -3.79. The molecule has 1 aliphatic carbocycles. The fourth-order valence-electron chi connectivity index (χ4n) is 2.78. The van der Waals surface area contributed by atoms with Gasteiger partial charge in [-0.3, -0.25) is 9.59 Å². The summed E-state index contributed by atoms with van der Waals surface area (Å²) < 4.78 is 23.6. The van der Waals surface area contributed by atoms with Gasteiger partial charge < -0.3 is 5.32 Å². The largest absolute Gasteiger partial charge is 0.324 e. The first-order valence-corrected chi connectivity index (χ1v) is 9.35. The maximum atomic E-state index is 12.4. The van der Waals surface area contributed by atoms with Crippen LogP contribution in [0, 0.1) is 0 Å². The Morgan fingerprint density at radius 2 is 1.96 bits per heavy atom. The molecule has 0 saturated carbocycles. The molecule has 0 unspecified atom stereocenters. The number of hydrogen-bond donors (Lipinski definition) is 2. The highest BCUT2D eigenvalue weighted by Crippen LogP contribution is 2.19. The summed E-state index contributed by atoms with van der Waals surface area (Å²) in [5.74, 6) is -0.420. The minimum absolute atomic E-state index is 0.0462. The van der Waals surface area contributed by atoms with E-state index in [1.54, 1.807) is 13.0 Å². The molecule has 0 saturated heterocycles. The van der Waals surface area contributed by atoms with E-state index in [1.807, 2.05) is 0 Å². The number of fused-ring (bicyclic) bond motifs is 1. The van der Waals surface area contributed by atoms with Crippen molar-refractivity contribution in [2.75, 3.05) is 5.32 Å². The highest BCUT2D eigenvalue weighted by molar-refractivity contribution is 7.89. The van der Waals surface area contributed by atoms with E-state index in [0.717, 1.165) is 30.5 Å². The lowest BCUT2D eigenvalue weighted by molar-refractivity contribution is -0.119. The van der Waals surface area contributed by atoms with E-state index in [9.17, 15) is 18.0 Å². The molecule has 0 bridgehead atoms. The first-order valence-electron chi connectivity index (χ1n) is 7.81. The van der Waals surface area contributed by atoms with Crippen LogP contribution in [0.5, 0.6) is 0 Å². The Hall–Kier alpha value is -2.52. The molecule has 25 heavy (non-hydrogen) atoms. The number of rotatable bonds is 4. The number of nitrogens with one attached hydrogen (secondary N) is 1. The van der Waals surface area contributed by atoms with Crippen LogP contribution in [-0.2, 0) is 27.7 Å². The molecule has 0 aliphatic heterocycles. The van der Waals surface area contributed by atoms with Gasteiger partial charge in [0.25, 0.3) is 5.56 Å². The Morgan fingerprint density at radius 3 is 2.60 bits per heavy atom. The van der Waals surface area contributed by atoms with Crippen molar-refractivity contribution < 1.29 is 13.2 Å². The smallest absolute Gasteiger partial charge is 0.267 e. The van der Waals surface area contributed by atoms with Gasteiger partial charge >= 0.3 is 0 Å². The molecule has 132 valence electrons. The number of amides is 1. The molecule has 8 nitrogen and oxygen atoms in total. The topological polar surface area (TPSA) is 124 Å². The van der Waals surface area contributed by atoms with Gasteiger partial charge in [0, 0.05) is 11.8 Å². The van der Waals surface area contributed by atoms with E-state index < -0.39 is 22.0 Å². The zero-order chi connectivity index (χ0) is 18.2. The van der Waals surface area contributed by atoms with Gasteiger partial charge in [0.2, 0.25) is 15.9 Å². The third-order valence-electron chi connectivity index (χ3n) is 4.18. The number of primary sulfonamides is 1. The molecule has 3 rings (SSSR count). The Balaban J connectivity index is 1.78. The Bertz CT molecular complexity index is 980. The molecule has 9 heteroatoms. The maximum absolute atomic E-state index is 12.4. The van der Waals surface area contributed by atoms with Gasteiger partial charge in [-0.2, -0.15) is 5.10 Å². The molecular weight excluding hydrogens is 344 g/mol. The molecule has 0 spiro atoms. The summed E-state index contributed by atoms with van der Waals surface area (Å²) in [6, 6.07) is 6.22. The van der Waals surface area contributed by atoms with Gasteiger partial charge in [0.1, 0.15) is 6.04 Å². The van der Waals surface area contributed by atoms with Crippen LogP contribution < -0.4 is 16.0 Å². The summed E-state index contributed by atoms with van der Waals surface area (Å²) in [7, 11) is -3.79. The van der Waals surface area contributed by atoms with E-state index >= 15 is 0 Å². The number of hydrogen-bond acceptors (Lipinski definition) is 5. The van der Waals surface area contributed by atoms with Crippen LogP contribution >= 0.6 is 0 Å². The van der Waals surface area contributed by atoms with E-state index in [4.69, 9.17) is 5.14 Å². The van der Waals surface area contributed by atoms with Crippen molar-refractivity contribution in [1.82, 2.24) is 9.78 Å². The second-order valence-corrected chi connectivity index (χ2v) is 7.55. The van der Waals surface area contributed by atoms with E-state index in [-0.39, 0.29) is 10.5 Å². The van der Waals surface area contributed by atoms with Crippen molar-refractivity contribution in [3.63, 3.8) is 0 Å². The van der Waals surface area contributed by atoms with Crippen LogP contribution in [0.25, 0.3) is 0 Å². The normalized spacial score (nSPS) is 14.8. The standard InChI is InChI=1S/C16H18N4O4S/c1-10(20-15(21)9-11-3-2-4-14(11)19-20)16(22)18-12-5-7-13(8-6-12)25(17,23)24/h5-10H,2-4H2,1H3,(H,18,22)(H2,17,23,24)/t10-/m1/s1. The van der Waals surface area contributed by atoms with Gasteiger partial charge in [0.15, 0.2) is 0 Å². The van der Waals surface area contributed by atoms with Crippen LogP contribution in [0.4, 0.5) is 5.69 Å². The molecule has 1 aromatic heterocycles. The number of sulfonamides is 1. The van der Waals surface area contributed by atoms with Gasteiger partial charge in [-0.05, 0) is 56.0 Å². The second kappa shape index (κ2) is 6.41. The van der Waals surface area contributed by atoms with Crippen molar-refractivity contribution >= 4 is 21.6 Å². The highest BCUT2D eigenvalue weighted by Gasteiger charge is 2.21. The zero-order valence-corrected chi connectivity index (χ0v) is 14.4. The lowest BCUT2D eigenvalue weighted by Crippen LogP contribution is -2.34. The lowest BCUT2D eigenvalue weighted by Gasteiger charge is -2.15. The highest BCUT2D eigenvalue weighted by atomic mass is 32.2. The monoisotopic (exact) mass is 362 g/mol. The second-order valence-electron chi connectivity index (χ2n) is 5.99. The lowest BCUT2D eigenvalue weighted by atomic mass is 10.2. The molecule has 0 radical (unpaired) electrons. The molecule has 3 N–H and O–H groups in total. The van der Waals surface area contributed by atoms with Crippen LogP contribution in [-0.4, -0.2) is 24.1 Å². The molecule has 1 amide bonds. The summed E-state index contributed by atoms with van der Waals surface area (Å²) in [6.07, 6.45) is 2.61. The number of aryl methyl sites for hydroxylation is 2. The van der Waals surface area contributed by atoms with Crippen LogP contribution in [0.15, 0.2) is 40.0 Å². The van der Waals surface area contributed by atoms with Gasteiger partial charge in [-0.15, -0.1) is 0 Å². The average molecular weight is 362 g/mol. The van der Waals surface area contributed by atoms with E-state index in [0.29, 0.717) is 5.69 Å². The van der Waals surface area contributed by atoms with Crippen LogP contribution in [0.3, 0.4) is 0 Å². The number of nitrogens with two attached hydrogens (primary N) is 1. The van der Waals surface area contributed by atoms with Crippen molar-refractivity contribution in [1.29, 1.82) is 0 Å². The quantitative estimate of drug-likeness (QED) is 0.823. The van der Waals surface area contributed by atoms with Crippen LogP contribution in [0.1, 0.15) is 30.6 Å². The third-order valence-corrected chi connectivity index (χ3v) is 5.11. The number of anilines is 1. The Labute approximate surface area is 144 Å². The number of carbonyl (C=O) groups is 1. The van der Waals surface area contributed by atoms with E-state index in [2.05, 4.69) is 10.4 Å². The van der Waals surface area contributed by atoms with E-state index in [1.165, 1.54) is 28.9 Å². The molecular formula is C16H18N4O4S. The Morgan fingerprint density at radius 1 is 1.28 bits per heavy atom. The number of aromatic nitrogens is 2. The van der Waals surface area contributed by atoms with Crippen molar-refractivity contribution in [2.24, 2.45) is 5.14 Å². The average Bonchev–Trinajstić information content (AvgIpc) is 3.00. The minimum Gasteiger partial charge on any atom is -0.324 e. The van der Waals surface area contributed by atoms with Gasteiger partial charge in [-0.25, -0.2) is 18.2 Å². The summed E-state index contributed by atoms with van der Waals surface area (Å²) in [6.45, 7) is 1.59. The van der Waals surface area contributed by atoms with Crippen LogP contribution in [0.2, 0.25) is 0 Å². The summed E-state index contributed by atoms with van der Waals surface area (Å²) in [5, 5.41) is 12.0. The molecule has 1 aromatic carbocycles. The molecule has 1 heterocycles. The summed E-state index contributed by atoms with van der Waals surface area (Å²) >= 11 is 0. The molecule has 1 atom stereocenters. The predicted octanol–water partition coefficient (Wildman–Crippen LogP) is 0.579. The molecule has 0 fully saturated rings. The number of nitrogens with zero attached hydrogens (tertiary/aromatic N) is 2. The van der Waals surface area contributed by atoms with Crippen molar-refractivity contribution in [2.45, 2.75) is 37.1 Å². The first-order chi connectivity index (χ1) is 11.8. The predicted molar refractivity (Wildman–Crippen MR) is 91.7 cm³/mol. The molecule has 2 aromatic rings. The summed E-state index contributed by atoms with van der Waals surface area (Å²) in [4.78, 5) is 24.5. The number of benzene rings is 1.